The molecule has 2 heterocycles. The first-order valence-electron chi connectivity index (χ1n) is 18.8. The fraction of sp³-hybridized carbons (Fsp3) is 0.686. The Morgan fingerprint density at radius 1 is 0.806 bits per heavy atom. The number of nitrogens with zero attached hydrogens (tertiary/aromatic N) is 3. The van der Waals surface area contributed by atoms with Crippen LogP contribution >= 0.6 is 0 Å². The summed E-state index contributed by atoms with van der Waals surface area (Å²) in [6, 6.07) is -1.47. The molecule has 3 rings (SSSR count). The smallest absolute Gasteiger partial charge is 0.364 e. The van der Waals surface area contributed by atoms with Crippen molar-refractivity contribution < 1.29 is 110 Å². The molecule has 1 amide bonds. The molecule has 22 nitrogen and oxygen atoms in total. The van der Waals surface area contributed by atoms with Crippen molar-refractivity contribution in [3.63, 3.8) is 0 Å². The minimum absolute atomic E-state index is 0.0276. The van der Waals surface area contributed by atoms with Crippen molar-refractivity contribution in [1.82, 2.24) is 20.3 Å². The average Bonchev–Trinajstić information content (AvgIpc) is 3.72. The van der Waals surface area contributed by atoms with Crippen LogP contribution in [0.15, 0.2) is 6.20 Å². The van der Waals surface area contributed by atoms with Crippen molar-refractivity contribution in [3.8, 4) is 5.75 Å². The number of ether oxygens (including phenoxy) is 9. The molecule has 1 aliphatic rings. The molecule has 1 fully saturated rings. The Hall–Kier alpha value is -4.10. The lowest BCUT2D eigenvalue weighted by atomic mass is 9.88. The number of amides is 1. The number of aromatic nitrogens is 3. The SMILES string of the molecule is O=C(CO)N[C@@H]1[C@@H]([C@@H](O)[C@@H](O)CO)O[C@@](OCCOCCOCc2cn(CCOCCOCCOCCOCCC(=O)Oc3c(F)c(F)c(F)c(F)c3F)nn2)(C(=O)O)C[C@H]1O. The van der Waals surface area contributed by atoms with Gasteiger partial charge in [0.25, 0.3) is 5.79 Å². The molecule has 0 bridgehead atoms. The van der Waals surface area contributed by atoms with E-state index in [1.807, 2.05) is 0 Å². The van der Waals surface area contributed by atoms with Gasteiger partial charge in [-0.3, -0.25) is 9.59 Å². The number of rotatable bonds is 31. The lowest BCUT2D eigenvalue weighted by molar-refractivity contribution is -0.313. The third kappa shape index (κ3) is 16.2. The molecule has 1 aromatic heterocycles. The van der Waals surface area contributed by atoms with Crippen LogP contribution in [0, 0.1) is 29.1 Å². The van der Waals surface area contributed by atoms with Crippen LogP contribution in [0.3, 0.4) is 0 Å². The van der Waals surface area contributed by atoms with Gasteiger partial charge in [-0.1, -0.05) is 5.21 Å². The maximum Gasteiger partial charge on any atom is 0.364 e. The highest BCUT2D eigenvalue weighted by molar-refractivity contribution is 5.78. The fourth-order valence-electron chi connectivity index (χ4n) is 5.36. The van der Waals surface area contributed by atoms with Gasteiger partial charge >= 0.3 is 11.9 Å². The second-order valence-corrected chi connectivity index (χ2v) is 13.0. The minimum atomic E-state index is -2.53. The summed E-state index contributed by atoms with van der Waals surface area (Å²) in [5.74, 6) is -19.5. The van der Waals surface area contributed by atoms with Crippen LogP contribution in [0.4, 0.5) is 22.0 Å². The third-order valence-corrected chi connectivity index (χ3v) is 8.48. The molecular formula is C35H49F5N4O18. The second kappa shape index (κ2) is 27.2. The minimum Gasteiger partial charge on any atom is -0.477 e. The van der Waals surface area contributed by atoms with E-state index in [2.05, 4.69) is 20.4 Å². The van der Waals surface area contributed by atoms with Crippen LogP contribution in [0.5, 0.6) is 5.75 Å². The summed E-state index contributed by atoms with van der Waals surface area (Å²) >= 11 is 0. The Bertz CT molecular complexity index is 1670. The number of carboxylic acids is 1. The van der Waals surface area contributed by atoms with Gasteiger partial charge in [-0.05, 0) is 0 Å². The first-order chi connectivity index (χ1) is 29.6. The zero-order chi connectivity index (χ0) is 45.7. The molecule has 27 heteroatoms. The number of benzene rings is 1. The maximum absolute atomic E-state index is 13.6. The Labute approximate surface area is 349 Å². The number of hydrogen-bond acceptors (Lipinski definition) is 19. The molecule has 62 heavy (non-hydrogen) atoms. The summed E-state index contributed by atoms with van der Waals surface area (Å²) in [5, 5.41) is 69.4. The Balaban J connectivity index is 1.18. The molecule has 0 aliphatic carbocycles. The Morgan fingerprint density at radius 3 is 1.90 bits per heavy atom. The zero-order valence-corrected chi connectivity index (χ0v) is 33.0. The van der Waals surface area contributed by atoms with E-state index < -0.39 is 115 Å². The fourth-order valence-corrected chi connectivity index (χ4v) is 5.36. The van der Waals surface area contributed by atoms with Gasteiger partial charge in [-0.25, -0.2) is 22.6 Å². The number of esters is 1. The topological polar surface area (TPSA) is 298 Å². The van der Waals surface area contributed by atoms with Crippen molar-refractivity contribution in [2.45, 2.75) is 62.2 Å². The van der Waals surface area contributed by atoms with Crippen LogP contribution in [0.2, 0.25) is 0 Å². The van der Waals surface area contributed by atoms with Crippen molar-refractivity contribution in [1.29, 1.82) is 0 Å². The predicted molar refractivity (Wildman–Crippen MR) is 190 cm³/mol. The molecule has 0 unspecified atom stereocenters. The van der Waals surface area contributed by atoms with Crippen LogP contribution in [-0.2, 0) is 65.4 Å². The summed E-state index contributed by atoms with van der Waals surface area (Å²) < 4.78 is 116. The monoisotopic (exact) mass is 908 g/mol. The van der Waals surface area contributed by atoms with Gasteiger partial charge in [0, 0.05) is 6.42 Å². The van der Waals surface area contributed by atoms with Gasteiger partial charge in [0.2, 0.25) is 40.7 Å². The molecule has 1 aromatic carbocycles. The average molecular weight is 909 g/mol. The highest BCUT2D eigenvalue weighted by atomic mass is 19.2. The molecule has 352 valence electrons. The second-order valence-electron chi connectivity index (χ2n) is 13.0. The Morgan fingerprint density at radius 2 is 1.34 bits per heavy atom. The summed E-state index contributed by atoms with van der Waals surface area (Å²) in [7, 11) is 0. The van der Waals surface area contributed by atoms with E-state index in [0.717, 1.165) is 0 Å². The van der Waals surface area contributed by atoms with Crippen molar-refractivity contribution in [2.75, 3.05) is 92.5 Å². The van der Waals surface area contributed by atoms with E-state index in [1.54, 1.807) is 10.9 Å². The molecular weight excluding hydrogens is 859 g/mol. The van der Waals surface area contributed by atoms with Gasteiger partial charge in [-0.15, -0.1) is 5.10 Å². The standard InChI is InChI=1S/C35H49F5N4O18/c36-25-26(37)28(39)32(29(40)27(25)38)61-24(50)1-3-54-5-7-56-9-10-57-8-6-55-4-2-44-16-20(42-43-44)19-59-12-11-58-13-14-60-35(34(52)53)15-21(47)30(41-23(49)18-46)33(62-35)31(51)22(48)17-45/h16,21-22,30-31,33,45-48,51H,1-15,17-19H2,(H,41,49)(H,52,53)/t21-,22+,30+,31+,33+,35-/m1/s1. The van der Waals surface area contributed by atoms with Crippen molar-refractivity contribution in [3.05, 3.63) is 41.0 Å². The molecule has 7 N–H and O–H groups in total. The first kappa shape index (κ1) is 52.2. The number of aliphatic hydroxyl groups is 5. The van der Waals surface area contributed by atoms with E-state index in [-0.39, 0.29) is 79.3 Å². The number of carboxylic acid groups (broad SMARTS) is 1. The number of aliphatic hydroxyl groups excluding tert-OH is 5. The number of hydrogen-bond donors (Lipinski definition) is 7. The molecule has 6 atom stereocenters. The molecule has 2 aromatic rings. The van der Waals surface area contributed by atoms with Crippen LogP contribution in [0.1, 0.15) is 18.5 Å². The van der Waals surface area contributed by atoms with E-state index in [9.17, 15) is 61.9 Å². The highest BCUT2D eigenvalue weighted by Gasteiger charge is 2.55. The van der Waals surface area contributed by atoms with E-state index in [0.29, 0.717) is 18.8 Å². The maximum atomic E-state index is 13.6. The van der Waals surface area contributed by atoms with E-state index in [4.69, 9.17) is 43.0 Å². The van der Waals surface area contributed by atoms with Gasteiger partial charge in [0.05, 0.1) is 124 Å². The van der Waals surface area contributed by atoms with Crippen molar-refractivity contribution in [2.24, 2.45) is 0 Å². The van der Waals surface area contributed by atoms with Gasteiger partial charge in [-0.2, -0.15) is 8.78 Å². The molecule has 0 spiro atoms. The van der Waals surface area contributed by atoms with Crippen molar-refractivity contribution >= 4 is 17.8 Å². The van der Waals surface area contributed by atoms with Gasteiger partial charge in [0.1, 0.15) is 30.6 Å². The number of halogens is 5. The Kier molecular flexibility index (Phi) is 22.9. The summed E-state index contributed by atoms with van der Waals surface area (Å²) in [6.07, 6.45) is -6.84. The van der Waals surface area contributed by atoms with E-state index in [1.165, 1.54) is 0 Å². The summed E-state index contributed by atoms with van der Waals surface area (Å²) in [5.41, 5.74) is 0.517. The normalized spacial score (nSPS) is 19.9. The van der Waals surface area contributed by atoms with E-state index >= 15 is 0 Å². The summed E-state index contributed by atoms with van der Waals surface area (Å²) in [4.78, 5) is 35.6. The quantitative estimate of drug-likeness (QED) is 0.0105. The van der Waals surface area contributed by atoms with Crippen LogP contribution < -0.4 is 10.1 Å². The number of carbonyl (C=O) groups excluding carboxylic acids is 2. The third-order valence-electron chi connectivity index (χ3n) is 8.48. The van der Waals surface area contributed by atoms with Crippen LogP contribution in [-0.4, -0.2) is 192 Å². The number of aliphatic carboxylic acids is 1. The first-order valence-corrected chi connectivity index (χ1v) is 18.8. The largest absolute Gasteiger partial charge is 0.477 e. The number of nitrogens with one attached hydrogen (secondary N) is 1. The van der Waals surface area contributed by atoms with Gasteiger partial charge < -0.3 is 78.6 Å². The molecule has 1 aliphatic heterocycles. The highest BCUT2D eigenvalue weighted by Crippen LogP contribution is 2.34. The molecule has 1 saturated heterocycles. The molecule has 0 radical (unpaired) electrons. The van der Waals surface area contributed by atoms with Crippen LogP contribution in [0.25, 0.3) is 0 Å². The lowest BCUT2D eigenvalue weighted by Gasteiger charge is -2.46. The predicted octanol–water partition coefficient (Wildman–Crippen LogP) is -2.29. The molecule has 0 saturated carbocycles. The zero-order valence-electron chi connectivity index (χ0n) is 33.0. The number of carbonyl (C=O) groups is 3. The lowest BCUT2D eigenvalue weighted by Crippen LogP contribution is -2.68. The van der Waals surface area contributed by atoms with Gasteiger partial charge in [0.15, 0.2) is 0 Å². The summed E-state index contributed by atoms with van der Waals surface area (Å²) in [6.45, 7) is -0.677.